The van der Waals surface area contributed by atoms with Gasteiger partial charge in [-0.05, 0) is 49.4 Å². The fourth-order valence-electron chi connectivity index (χ4n) is 2.29. The molecule has 0 aliphatic carbocycles. The minimum atomic E-state index is -0.261. The Balaban J connectivity index is 1.52. The molecule has 0 spiro atoms. The van der Waals surface area contributed by atoms with E-state index in [1.165, 1.54) is 6.21 Å². The molecular formula is C20H17Cl2N3O2. The molecule has 0 saturated carbocycles. The van der Waals surface area contributed by atoms with Gasteiger partial charge in [0.05, 0.1) is 22.8 Å². The number of carbonyl (C=O) groups is 1. The van der Waals surface area contributed by atoms with E-state index in [0.29, 0.717) is 21.6 Å². The van der Waals surface area contributed by atoms with Crippen LogP contribution in [0.3, 0.4) is 0 Å². The van der Waals surface area contributed by atoms with Crippen molar-refractivity contribution in [2.24, 2.45) is 5.10 Å². The molecule has 0 aliphatic heterocycles. The SMILES string of the molecule is Cc1ccc(NCC(=O)N/N=C\c2ccc(-c3ccc(Cl)c(Cl)c3)o2)cc1. The van der Waals surface area contributed by atoms with Crippen molar-refractivity contribution in [2.45, 2.75) is 6.92 Å². The van der Waals surface area contributed by atoms with Gasteiger partial charge in [-0.2, -0.15) is 5.10 Å². The first-order valence-electron chi connectivity index (χ1n) is 8.19. The molecule has 0 atom stereocenters. The molecule has 1 amide bonds. The Morgan fingerprint density at radius 3 is 2.59 bits per heavy atom. The smallest absolute Gasteiger partial charge is 0.259 e. The summed E-state index contributed by atoms with van der Waals surface area (Å²) in [4.78, 5) is 11.8. The van der Waals surface area contributed by atoms with Crippen LogP contribution in [0.5, 0.6) is 0 Å². The Hall–Kier alpha value is -2.76. The quantitative estimate of drug-likeness (QED) is 0.444. The molecule has 2 aromatic carbocycles. The van der Waals surface area contributed by atoms with E-state index in [1.807, 2.05) is 37.3 Å². The summed E-state index contributed by atoms with van der Waals surface area (Å²) in [6.45, 7) is 2.12. The average molecular weight is 402 g/mol. The molecular weight excluding hydrogens is 385 g/mol. The van der Waals surface area contributed by atoms with Crippen molar-refractivity contribution in [3.63, 3.8) is 0 Å². The summed E-state index contributed by atoms with van der Waals surface area (Å²) in [5.74, 6) is 0.869. The molecule has 0 fully saturated rings. The third-order valence-electron chi connectivity index (χ3n) is 3.72. The molecule has 0 saturated heterocycles. The topological polar surface area (TPSA) is 66.6 Å². The number of benzene rings is 2. The monoisotopic (exact) mass is 401 g/mol. The molecule has 0 bridgehead atoms. The molecule has 138 valence electrons. The van der Waals surface area contributed by atoms with Gasteiger partial charge in [-0.15, -0.1) is 0 Å². The van der Waals surface area contributed by atoms with Gasteiger partial charge in [-0.25, -0.2) is 5.43 Å². The number of rotatable bonds is 6. The predicted octanol–water partition coefficient (Wildman–Crippen LogP) is 5.12. The summed E-state index contributed by atoms with van der Waals surface area (Å²) in [6.07, 6.45) is 1.44. The lowest BCUT2D eigenvalue weighted by molar-refractivity contribution is -0.119. The van der Waals surface area contributed by atoms with Gasteiger partial charge in [0.1, 0.15) is 11.5 Å². The van der Waals surface area contributed by atoms with Crippen molar-refractivity contribution < 1.29 is 9.21 Å². The van der Waals surface area contributed by atoms with Crippen LogP contribution in [0.1, 0.15) is 11.3 Å². The number of nitrogens with one attached hydrogen (secondary N) is 2. The molecule has 7 heteroatoms. The number of hydrogen-bond donors (Lipinski definition) is 2. The van der Waals surface area contributed by atoms with E-state index in [4.69, 9.17) is 27.6 Å². The Morgan fingerprint density at radius 1 is 1.07 bits per heavy atom. The van der Waals surface area contributed by atoms with E-state index in [1.54, 1.807) is 24.3 Å². The maximum atomic E-state index is 11.8. The summed E-state index contributed by atoms with van der Waals surface area (Å²) >= 11 is 11.9. The Kier molecular flexibility index (Phi) is 6.16. The highest BCUT2D eigenvalue weighted by Gasteiger charge is 2.06. The van der Waals surface area contributed by atoms with E-state index in [9.17, 15) is 4.79 Å². The number of halogens is 2. The highest BCUT2D eigenvalue weighted by atomic mass is 35.5. The van der Waals surface area contributed by atoms with Gasteiger partial charge in [-0.3, -0.25) is 4.79 Å². The predicted molar refractivity (Wildman–Crippen MR) is 110 cm³/mol. The Labute approximate surface area is 167 Å². The van der Waals surface area contributed by atoms with E-state index < -0.39 is 0 Å². The van der Waals surface area contributed by atoms with Crippen LogP contribution in [-0.2, 0) is 4.79 Å². The number of anilines is 1. The highest BCUT2D eigenvalue weighted by molar-refractivity contribution is 6.42. The molecule has 27 heavy (non-hydrogen) atoms. The Morgan fingerprint density at radius 2 is 1.85 bits per heavy atom. The lowest BCUT2D eigenvalue weighted by Gasteiger charge is -2.05. The molecule has 2 N–H and O–H groups in total. The number of hydrogen-bond acceptors (Lipinski definition) is 4. The van der Waals surface area contributed by atoms with Gasteiger partial charge in [0.15, 0.2) is 0 Å². The number of furan rings is 1. The maximum absolute atomic E-state index is 11.8. The van der Waals surface area contributed by atoms with E-state index in [0.717, 1.165) is 16.8 Å². The summed E-state index contributed by atoms with van der Waals surface area (Å²) in [7, 11) is 0. The standard InChI is InChI=1S/C20H17Cl2N3O2/c1-13-2-5-15(6-3-13)23-12-20(26)25-24-11-16-7-9-19(27-16)14-4-8-17(21)18(22)10-14/h2-11,23H,12H2,1H3,(H,25,26)/b24-11-. The van der Waals surface area contributed by atoms with Crippen LogP contribution in [0.15, 0.2) is 64.1 Å². The van der Waals surface area contributed by atoms with Crippen molar-refractivity contribution in [1.29, 1.82) is 0 Å². The third kappa shape index (κ3) is 5.36. The van der Waals surface area contributed by atoms with E-state index in [2.05, 4.69) is 15.8 Å². The first-order chi connectivity index (χ1) is 13.0. The van der Waals surface area contributed by atoms with Crippen LogP contribution < -0.4 is 10.7 Å². The second kappa shape index (κ2) is 8.75. The van der Waals surface area contributed by atoms with E-state index >= 15 is 0 Å². The van der Waals surface area contributed by atoms with Crippen molar-refractivity contribution in [3.05, 3.63) is 76.0 Å². The normalized spacial score (nSPS) is 10.9. The highest BCUT2D eigenvalue weighted by Crippen LogP contribution is 2.29. The summed E-state index contributed by atoms with van der Waals surface area (Å²) in [5, 5.41) is 7.86. The van der Waals surface area contributed by atoms with Gasteiger partial charge in [-0.1, -0.05) is 40.9 Å². The van der Waals surface area contributed by atoms with Crippen LogP contribution in [-0.4, -0.2) is 18.7 Å². The van der Waals surface area contributed by atoms with Gasteiger partial charge in [0.25, 0.3) is 5.91 Å². The largest absolute Gasteiger partial charge is 0.455 e. The van der Waals surface area contributed by atoms with Gasteiger partial charge in [0, 0.05) is 11.3 Å². The second-order valence-electron chi connectivity index (χ2n) is 5.84. The molecule has 5 nitrogen and oxygen atoms in total. The maximum Gasteiger partial charge on any atom is 0.259 e. The average Bonchev–Trinajstić information content (AvgIpc) is 3.12. The summed E-state index contributed by atoms with van der Waals surface area (Å²) in [5.41, 5.74) is 5.28. The third-order valence-corrected chi connectivity index (χ3v) is 4.46. The van der Waals surface area contributed by atoms with Gasteiger partial charge >= 0.3 is 0 Å². The molecule has 0 aliphatic rings. The lowest BCUT2D eigenvalue weighted by atomic mass is 10.2. The van der Waals surface area contributed by atoms with Crippen LogP contribution in [0.4, 0.5) is 5.69 Å². The minimum absolute atomic E-state index is 0.118. The van der Waals surface area contributed by atoms with Crippen LogP contribution in [0, 0.1) is 6.92 Å². The van der Waals surface area contributed by atoms with Crippen LogP contribution >= 0.6 is 23.2 Å². The number of hydrazone groups is 1. The minimum Gasteiger partial charge on any atom is -0.455 e. The van der Waals surface area contributed by atoms with Gasteiger partial charge < -0.3 is 9.73 Å². The Bertz CT molecular complexity index is 966. The molecule has 3 aromatic rings. The zero-order valence-electron chi connectivity index (χ0n) is 14.5. The first kappa shape index (κ1) is 19.0. The number of nitrogens with zero attached hydrogens (tertiary/aromatic N) is 1. The van der Waals surface area contributed by atoms with Crippen molar-refractivity contribution >= 4 is 41.0 Å². The van der Waals surface area contributed by atoms with Gasteiger partial charge in [0.2, 0.25) is 0 Å². The number of amides is 1. The number of carbonyl (C=O) groups excluding carboxylic acids is 1. The summed E-state index contributed by atoms with van der Waals surface area (Å²) < 4.78 is 5.67. The number of aryl methyl sites for hydroxylation is 1. The zero-order chi connectivity index (χ0) is 19.2. The van der Waals surface area contributed by atoms with Crippen molar-refractivity contribution in [3.8, 4) is 11.3 Å². The first-order valence-corrected chi connectivity index (χ1v) is 8.94. The lowest BCUT2D eigenvalue weighted by Crippen LogP contribution is -2.25. The zero-order valence-corrected chi connectivity index (χ0v) is 16.0. The molecule has 3 rings (SSSR count). The van der Waals surface area contributed by atoms with Crippen LogP contribution in [0.2, 0.25) is 10.0 Å². The molecule has 0 unspecified atom stereocenters. The molecule has 1 heterocycles. The van der Waals surface area contributed by atoms with Crippen LogP contribution in [0.25, 0.3) is 11.3 Å². The second-order valence-corrected chi connectivity index (χ2v) is 6.66. The summed E-state index contributed by atoms with van der Waals surface area (Å²) in [6, 6.07) is 16.6. The fourth-order valence-corrected chi connectivity index (χ4v) is 2.59. The van der Waals surface area contributed by atoms with Crippen molar-refractivity contribution in [1.82, 2.24) is 5.43 Å². The molecule has 1 aromatic heterocycles. The van der Waals surface area contributed by atoms with Crippen molar-refractivity contribution in [2.75, 3.05) is 11.9 Å². The van der Waals surface area contributed by atoms with E-state index in [-0.39, 0.29) is 12.5 Å². The fraction of sp³-hybridized carbons (Fsp3) is 0.100. The molecule has 0 radical (unpaired) electrons.